The van der Waals surface area contributed by atoms with Gasteiger partial charge < -0.3 is 9.84 Å². The molecule has 3 heteroatoms. The quantitative estimate of drug-likeness (QED) is 0.346. The molecule has 0 bridgehead atoms. The van der Waals surface area contributed by atoms with E-state index in [1.165, 1.54) is 11.1 Å². The first kappa shape index (κ1) is 24.6. The van der Waals surface area contributed by atoms with Gasteiger partial charge in [-0.25, -0.2) is 0 Å². The normalized spacial score (nSPS) is 13.8. The van der Waals surface area contributed by atoms with Gasteiger partial charge in [0.05, 0.1) is 5.41 Å². The fourth-order valence-electron chi connectivity index (χ4n) is 4.40. The summed E-state index contributed by atoms with van der Waals surface area (Å²) in [5.74, 6) is 0.561. The summed E-state index contributed by atoms with van der Waals surface area (Å²) in [5, 5.41) is 9.64. The molecule has 0 aliphatic carbocycles. The Labute approximate surface area is 198 Å². The molecule has 0 radical (unpaired) electrons. The van der Waals surface area contributed by atoms with Crippen LogP contribution in [0.1, 0.15) is 76.0 Å². The Balaban J connectivity index is 1.79. The van der Waals surface area contributed by atoms with E-state index in [2.05, 4.69) is 31.2 Å². The highest BCUT2D eigenvalue weighted by Gasteiger charge is 2.37. The topological polar surface area (TPSA) is 46.5 Å². The molecule has 3 aromatic rings. The van der Waals surface area contributed by atoms with Crippen molar-refractivity contribution in [2.45, 2.75) is 64.9 Å². The Hall–Kier alpha value is -3.07. The summed E-state index contributed by atoms with van der Waals surface area (Å²) in [6.07, 6.45) is 1.58. The molecular formula is C30H36O3. The summed E-state index contributed by atoms with van der Waals surface area (Å²) in [4.78, 5) is 13.4. The highest BCUT2D eigenvalue weighted by Crippen LogP contribution is 2.40. The van der Waals surface area contributed by atoms with E-state index in [4.69, 9.17) is 4.74 Å². The van der Waals surface area contributed by atoms with E-state index in [0.29, 0.717) is 6.42 Å². The zero-order chi connectivity index (χ0) is 24.1. The van der Waals surface area contributed by atoms with Crippen LogP contribution in [0.15, 0.2) is 84.9 Å². The number of phenols is 1. The van der Waals surface area contributed by atoms with Gasteiger partial charge in [0.25, 0.3) is 0 Å². The van der Waals surface area contributed by atoms with E-state index >= 15 is 0 Å². The summed E-state index contributed by atoms with van der Waals surface area (Å²) in [6.45, 7) is 10.1. The van der Waals surface area contributed by atoms with Crippen molar-refractivity contribution in [2.75, 3.05) is 0 Å². The second kappa shape index (κ2) is 10.2. The third-order valence-corrected chi connectivity index (χ3v) is 6.50. The highest BCUT2D eigenvalue weighted by atomic mass is 16.6. The standard InChI is InChI=1S/C30H36O3/c1-22(23-16-18-27(31)19-17-23)20-25(24-12-8-6-9-13-24)21-29(2,3)28(32)33-30(4,5)26-14-10-7-11-15-26/h6-19,22,25,31H,20-21H2,1-5H3. The van der Waals surface area contributed by atoms with Gasteiger partial charge in [-0.2, -0.15) is 0 Å². The molecule has 174 valence electrons. The summed E-state index contributed by atoms with van der Waals surface area (Å²) in [7, 11) is 0. The largest absolute Gasteiger partial charge is 0.508 e. The summed E-state index contributed by atoms with van der Waals surface area (Å²) in [6, 6.07) is 27.7. The first-order valence-electron chi connectivity index (χ1n) is 11.7. The molecule has 0 aromatic heterocycles. The predicted molar refractivity (Wildman–Crippen MR) is 134 cm³/mol. The van der Waals surface area contributed by atoms with Crippen molar-refractivity contribution in [1.29, 1.82) is 0 Å². The van der Waals surface area contributed by atoms with Crippen molar-refractivity contribution in [2.24, 2.45) is 5.41 Å². The van der Waals surface area contributed by atoms with E-state index in [-0.39, 0.29) is 23.6 Å². The first-order chi connectivity index (χ1) is 15.6. The number of carbonyl (C=O) groups is 1. The number of hydrogen-bond donors (Lipinski definition) is 1. The fourth-order valence-corrected chi connectivity index (χ4v) is 4.40. The Morgan fingerprint density at radius 3 is 1.94 bits per heavy atom. The van der Waals surface area contributed by atoms with Crippen LogP contribution in [-0.2, 0) is 15.1 Å². The number of esters is 1. The van der Waals surface area contributed by atoms with E-state index in [9.17, 15) is 9.90 Å². The van der Waals surface area contributed by atoms with Crippen molar-refractivity contribution in [3.05, 3.63) is 102 Å². The van der Waals surface area contributed by atoms with Gasteiger partial charge in [0.15, 0.2) is 0 Å². The van der Waals surface area contributed by atoms with Crippen LogP contribution in [0.3, 0.4) is 0 Å². The molecule has 3 aromatic carbocycles. The van der Waals surface area contributed by atoms with Gasteiger partial charge in [0.1, 0.15) is 11.4 Å². The lowest BCUT2D eigenvalue weighted by atomic mass is 9.75. The molecule has 1 N–H and O–H groups in total. The maximum absolute atomic E-state index is 13.4. The molecule has 0 aliphatic heterocycles. The third kappa shape index (κ3) is 6.47. The Morgan fingerprint density at radius 2 is 1.36 bits per heavy atom. The smallest absolute Gasteiger partial charge is 0.312 e. The van der Waals surface area contributed by atoms with Crippen LogP contribution in [0.5, 0.6) is 5.75 Å². The molecule has 0 aliphatic rings. The van der Waals surface area contributed by atoms with Crippen LogP contribution in [0.4, 0.5) is 0 Å². The molecule has 2 unspecified atom stereocenters. The second-order valence-corrected chi connectivity index (χ2v) is 10.2. The monoisotopic (exact) mass is 444 g/mol. The molecule has 0 saturated heterocycles. The van der Waals surface area contributed by atoms with E-state index < -0.39 is 11.0 Å². The average Bonchev–Trinajstić information content (AvgIpc) is 2.80. The number of hydrogen-bond acceptors (Lipinski definition) is 3. The summed E-state index contributed by atoms with van der Waals surface area (Å²) < 4.78 is 6.06. The number of phenolic OH excluding ortho intramolecular Hbond substituents is 1. The predicted octanol–water partition coefficient (Wildman–Crippen LogP) is 7.56. The molecule has 0 spiro atoms. The number of carbonyl (C=O) groups excluding carboxylic acids is 1. The summed E-state index contributed by atoms with van der Waals surface area (Å²) in [5.41, 5.74) is 2.04. The third-order valence-electron chi connectivity index (χ3n) is 6.50. The molecule has 2 atom stereocenters. The fraction of sp³-hybridized carbons (Fsp3) is 0.367. The zero-order valence-electron chi connectivity index (χ0n) is 20.4. The van der Waals surface area contributed by atoms with Crippen molar-refractivity contribution in [3.8, 4) is 5.75 Å². The molecule has 0 amide bonds. The van der Waals surface area contributed by atoms with Crippen molar-refractivity contribution >= 4 is 5.97 Å². The van der Waals surface area contributed by atoms with Crippen LogP contribution < -0.4 is 0 Å². The van der Waals surface area contributed by atoms with Crippen LogP contribution in [0, 0.1) is 5.41 Å². The lowest BCUT2D eigenvalue weighted by molar-refractivity contribution is -0.169. The zero-order valence-corrected chi connectivity index (χ0v) is 20.4. The van der Waals surface area contributed by atoms with E-state index in [0.717, 1.165) is 12.0 Å². The number of benzene rings is 3. The molecule has 33 heavy (non-hydrogen) atoms. The lowest BCUT2D eigenvalue weighted by Crippen LogP contribution is -2.35. The molecule has 3 rings (SSSR count). The van der Waals surface area contributed by atoms with E-state index in [1.54, 1.807) is 12.1 Å². The summed E-state index contributed by atoms with van der Waals surface area (Å²) >= 11 is 0. The second-order valence-electron chi connectivity index (χ2n) is 10.2. The van der Waals surface area contributed by atoms with E-state index in [1.807, 2.05) is 76.2 Å². The Bertz CT molecular complexity index is 1020. The number of aromatic hydroxyl groups is 1. The van der Waals surface area contributed by atoms with Gasteiger partial charge in [0.2, 0.25) is 0 Å². The lowest BCUT2D eigenvalue weighted by Gasteiger charge is -2.34. The van der Waals surface area contributed by atoms with Gasteiger partial charge in [-0.15, -0.1) is 0 Å². The average molecular weight is 445 g/mol. The van der Waals surface area contributed by atoms with Gasteiger partial charge >= 0.3 is 5.97 Å². The molecular weight excluding hydrogens is 408 g/mol. The SMILES string of the molecule is CC(CC(CC(C)(C)C(=O)OC(C)(C)c1ccccc1)c1ccccc1)c1ccc(O)cc1. The minimum atomic E-state index is -0.697. The van der Waals surface area contributed by atoms with Crippen LogP contribution in [0.2, 0.25) is 0 Å². The molecule has 0 heterocycles. The highest BCUT2D eigenvalue weighted by molar-refractivity contribution is 5.76. The maximum Gasteiger partial charge on any atom is 0.312 e. The number of ether oxygens (including phenoxy) is 1. The van der Waals surface area contributed by atoms with Gasteiger partial charge in [0, 0.05) is 0 Å². The minimum absolute atomic E-state index is 0.186. The molecule has 0 fully saturated rings. The van der Waals surface area contributed by atoms with Crippen molar-refractivity contribution in [1.82, 2.24) is 0 Å². The Morgan fingerprint density at radius 1 is 0.818 bits per heavy atom. The van der Waals surface area contributed by atoms with Crippen molar-refractivity contribution < 1.29 is 14.6 Å². The van der Waals surface area contributed by atoms with Crippen LogP contribution in [0.25, 0.3) is 0 Å². The first-order valence-corrected chi connectivity index (χ1v) is 11.7. The van der Waals surface area contributed by atoms with Gasteiger partial charge in [-0.05, 0) is 81.2 Å². The number of rotatable bonds is 9. The van der Waals surface area contributed by atoms with Crippen molar-refractivity contribution in [3.63, 3.8) is 0 Å². The van der Waals surface area contributed by atoms with Crippen LogP contribution >= 0.6 is 0 Å². The van der Waals surface area contributed by atoms with Crippen LogP contribution in [-0.4, -0.2) is 11.1 Å². The molecule has 0 saturated carbocycles. The van der Waals surface area contributed by atoms with Gasteiger partial charge in [-0.3, -0.25) is 4.79 Å². The minimum Gasteiger partial charge on any atom is -0.508 e. The Kier molecular flexibility index (Phi) is 7.63. The molecule has 3 nitrogen and oxygen atoms in total. The van der Waals surface area contributed by atoms with Gasteiger partial charge in [-0.1, -0.05) is 79.7 Å². The maximum atomic E-state index is 13.4.